The van der Waals surface area contributed by atoms with Crippen LogP contribution in [0.1, 0.15) is 11.4 Å². The normalized spacial score (nSPS) is 10.9. The van der Waals surface area contributed by atoms with E-state index in [2.05, 4.69) is 46.5 Å². The Kier molecular flexibility index (Phi) is 8.48. The molecule has 2 aromatic carbocycles. The largest absolute Gasteiger partial charge is 0.480 e. The highest BCUT2D eigenvalue weighted by molar-refractivity contribution is 9.10. The molecule has 0 saturated heterocycles. The van der Waals surface area contributed by atoms with Crippen LogP contribution in [-0.2, 0) is 13.1 Å². The van der Waals surface area contributed by atoms with Gasteiger partial charge >= 0.3 is 0 Å². The van der Waals surface area contributed by atoms with Crippen molar-refractivity contribution in [1.29, 1.82) is 0 Å². The van der Waals surface area contributed by atoms with Crippen molar-refractivity contribution in [3.63, 3.8) is 0 Å². The summed E-state index contributed by atoms with van der Waals surface area (Å²) in [6, 6.07) is 11.8. The predicted molar refractivity (Wildman–Crippen MR) is 145 cm³/mol. The Balaban J connectivity index is 1.78. The molecule has 8 nitrogen and oxygen atoms in total. The summed E-state index contributed by atoms with van der Waals surface area (Å²) in [6.45, 7) is 1.11. The molecule has 186 valence electrons. The van der Waals surface area contributed by atoms with Crippen molar-refractivity contribution in [3.8, 4) is 45.4 Å². The smallest absolute Gasteiger partial charge is 0.237 e. The van der Waals surface area contributed by atoms with Gasteiger partial charge in [-0.3, -0.25) is 9.97 Å². The third kappa shape index (κ3) is 5.19. The molecule has 0 aliphatic rings. The third-order valence-electron chi connectivity index (χ3n) is 5.54. The first kappa shape index (κ1) is 26.0. The maximum atomic E-state index is 6.95. The van der Waals surface area contributed by atoms with Gasteiger partial charge in [0.15, 0.2) is 0 Å². The number of halogens is 2. The van der Waals surface area contributed by atoms with E-state index in [1.807, 2.05) is 50.5 Å². The Bertz CT molecular complexity index is 1280. The lowest BCUT2D eigenvalue weighted by atomic mass is 9.99. The molecule has 0 bridgehead atoms. The van der Waals surface area contributed by atoms with E-state index >= 15 is 0 Å². The molecule has 0 aliphatic carbocycles. The summed E-state index contributed by atoms with van der Waals surface area (Å²) in [5.41, 5.74) is 6.15. The van der Waals surface area contributed by atoms with Crippen LogP contribution < -0.4 is 20.1 Å². The number of hydrogen-bond donors (Lipinski definition) is 2. The second-order valence-electron chi connectivity index (χ2n) is 7.82. The molecule has 0 unspecified atom stereocenters. The zero-order chi connectivity index (χ0) is 25.7. The number of nitrogens with one attached hydrogen (secondary N) is 2. The lowest BCUT2D eigenvalue weighted by Gasteiger charge is -2.15. The standard InChI is InChI=1S/C26H26BrClN6O2/c1-29-11-21-25(35-3)33-19(13-31-21)17-9-5-7-15(23(17)27)16-8-6-10-18(24(16)28)20-14-32-22(12-30-2)26(34-20)36-4/h5-10,13-14,29-30H,11-12H2,1-4H3. The molecule has 4 aromatic rings. The van der Waals surface area contributed by atoms with Crippen LogP contribution in [0.5, 0.6) is 11.8 Å². The van der Waals surface area contributed by atoms with E-state index in [1.54, 1.807) is 26.6 Å². The molecule has 0 aliphatic heterocycles. The number of aromatic nitrogens is 4. The molecule has 0 radical (unpaired) electrons. The zero-order valence-corrected chi connectivity index (χ0v) is 22.7. The lowest BCUT2D eigenvalue weighted by Crippen LogP contribution is -2.10. The Morgan fingerprint density at radius 3 is 1.75 bits per heavy atom. The van der Waals surface area contributed by atoms with E-state index in [0.29, 0.717) is 41.3 Å². The summed E-state index contributed by atoms with van der Waals surface area (Å²) < 4.78 is 11.8. The summed E-state index contributed by atoms with van der Waals surface area (Å²) in [6.07, 6.45) is 3.45. The third-order valence-corrected chi connectivity index (χ3v) is 6.80. The van der Waals surface area contributed by atoms with Gasteiger partial charge in [0.25, 0.3) is 0 Å². The SMILES string of the molecule is CNCc1ncc(-c2cccc(-c3cccc(-c4cnc(CNC)c(OC)n4)c3Br)c2Cl)nc1OC. The number of benzene rings is 2. The van der Waals surface area contributed by atoms with E-state index in [4.69, 9.17) is 21.1 Å². The fourth-order valence-corrected chi connectivity index (χ4v) is 4.84. The maximum Gasteiger partial charge on any atom is 0.237 e. The Morgan fingerprint density at radius 2 is 1.22 bits per heavy atom. The van der Waals surface area contributed by atoms with Gasteiger partial charge in [0.1, 0.15) is 11.4 Å². The number of ether oxygens (including phenoxy) is 2. The van der Waals surface area contributed by atoms with Gasteiger partial charge in [-0.2, -0.15) is 0 Å². The van der Waals surface area contributed by atoms with Gasteiger partial charge in [0, 0.05) is 34.3 Å². The molecule has 0 atom stereocenters. The minimum atomic E-state index is 0.459. The fraction of sp³-hybridized carbons (Fsp3) is 0.231. The first-order valence-electron chi connectivity index (χ1n) is 11.2. The summed E-state index contributed by atoms with van der Waals surface area (Å²) in [5.74, 6) is 0.939. The van der Waals surface area contributed by atoms with Crippen molar-refractivity contribution in [3.05, 3.63) is 69.7 Å². The molecule has 0 spiro atoms. The lowest BCUT2D eigenvalue weighted by molar-refractivity contribution is 0.388. The van der Waals surface area contributed by atoms with Crippen LogP contribution >= 0.6 is 27.5 Å². The quantitative estimate of drug-likeness (QED) is 0.286. The fourth-order valence-electron chi connectivity index (χ4n) is 3.83. The summed E-state index contributed by atoms with van der Waals surface area (Å²) in [7, 11) is 6.87. The molecular formula is C26H26BrClN6O2. The van der Waals surface area contributed by atoms with Crippen LogP contribution in [0.4, 0.5) is 0 Å². The van der Waals surface area contributed by atoms with Crippen molar-refractivity contribution in [2.75, 3.05) is 28.3 Å². The van der Waals surface area contributed by atoms with E-state index in [1.165, 1.54) is 0 Å². The van der Waals surface area contributed by atoms with Crippen LogP contribution in [0, 0.1) is 0 Å². The topological polar surface area (TPSA) is 94.1 Å². The molecule has 0 fully saturated rings. The van der Waals surface area contributed by atoms with Gasteiger partial charge in [-0.25, -0.2) is 9.97 Å². The average Bonchev–Trinajstić information content (AvgIpc) is 2.90. The first-order chi connectivity index (χ1) is 17.5. The highest BCUT2D eigenvalue weighted by Gasteiger charge is 2.18. The second-order valence-corrected chi connectivity index (χ2v) is 8.99. The van der Waals surface area contributed by atoms with Crippen molar-refractivity contribution in [2.45, 2.75) is 13.1 Å². The first-order valence-corrected chi connectivity index (χ1v) is 12.4. The summed E-state index contributed by atoms with van der Waals surface area (Å²) in [4.78, 5) is 18.4. The van der Waals surface area contributed by atoms with Gasteiger partial charge < -0.3 is 20.1 Å². The Morgan fingerprint density at radius 1 is 0.750 bits per heavy atom. The minimum absolute atomic E-state index is 0.459. The van der Waals surface area contributed by atoms with E-state index in [-0.39, 0.29) is 0 Å². The van der Waals surface area contributed by atoms with E-state index < -0.39 is 0 Å². The molecule has 0 saturated carbocycles. The van der Waals surface area contributed by atoms with Crippen LogP contribution in [0.2, 0.25) is 5.02 Å². The second kappa shape index (κ2) is 11.7. The van der Waals surface area contributed by atoms with Crippen molar-refractivity contribution in [1.82, 2.24) is 30.6 Å². The van der Waals surface area contributed by atoms with Crippen molar-refractivity contribution in [2.24, 2.45) is 0 Å². The van der Waals surface area contributed by atoms with Crippen molar-refractivity contribution < 1.29 is 9.47 Å². The monoisotopic (exact) mass is 568 g/mol. The summed E-state index contributed by atoms with van der Waals surface area (Å²) in [5, 5.41) is 6.70. The average molecular weight is 570 g/mol. The van der Waals surface area contributed by atoms with Crippen LogP contribution in [-0.4, -0.2) is 48.3 Å². The van der Waals surface area contributed by atoms with Gasteiger partial charge in [-0.1, -0.05) is 48.0 Å². The molecule has 0 amide bonds. The summed E-state index contributed by atoms with van der Waals surface area (Å²) >= 11 is 10.7. The molecule has 2 N–H and O–H groups in total. The highest BCUT2D eigenvalue weighted by atomic mass is 79.9. The van der Waals surface area contributed by atoms with Crippen LogP contribution in [0.3, 0.4) is 0 Å². The number of hydrogen-bond acceptors (Lipinski definition) is 8. The zero-order valence-electron chi connectivity index (χ0n) is 20.4. The van der Waals surface area contributed by atoms with Gasteiger partial charge in [0.05, 0.1) is 43.0 Å². The molecule has 2 aromatic heterocycles. The van der Waals surface area contributed by atoms with E-state index in [9.17, 15) is 0 Å². The van der Waals surface area contributed by atoms with Crippen molar-refractivity contribution >= 4 is 27.5 Å². The Labute approximate surface area is 223 Å². The van der Waals surface area contributed by atoms with Gasteiger partial charge in [-0.05, 0) is 35.6 Å². The molecule has 10 heteroatoms. The predicted octanol–water partition coefficient (Wildman–Crippen LogP) is 5.14. The molecule has 36 heavy (non-hydrogen) atoms. The molecule has 4 rings (SSSR count). The molecular weight excluding hydrogens is 544 g/mol. The van der Waals surface area contributed by atoms with Crippen LogP contribution in [0.15, 0.2) is 53.3 Å². The molecule has 2 heterocycles. The van der Waals surface area contributed by atoms with Gasteiger partial charge in [-0.15, -0.1) is 0 Å². The number of rotatable bonds is 9. The Hall–Kier alpha value is -3.11. The van der Waals surface area contributed by atoms with Gasteiger partial charge in [0.2, 0.25) is 11.8 Å². The maximum absolute atomic E-state index is 6.95. The number of methoxy groups -OCH3 is 2. The minimum Gasteiger partial charge on any atom is -0.480 e. The highest BCUT2D eigenvalue weighted by Crippen LogP contribution is 2.42. The van der Waals surface area contributed by atoms with E-state index in [0.717, 1.165) is 38.1 Å². The van der Waals surface area contributed by atoms with Crippen LogP contribution in [0.25, 0.3) is 33.6 Å². The number of nitrogens with zero attached hydrogens (tertiary/aromatic N) is 4.